The van der Waals surface area contributed by atoms with E-state index >= 15 is 0 Å². The molecule has 0 fully saturated rings. The second-order valence-electron chi connectivity index (χ2n) is 6.74. The zero-order valence-electron chi connectivity index (χ0n) is 14.7. The van der Waals surface area contributed by atoms with Crippen molar-refractivity contribution >= 4 is 0 Å². The zero-order valence-corrected chi connectivity index (χ0v) is 14.7. The quantitative estimate of drug-likeness (QED) is 0.684. The molecule has 1 unspecified atom stereocenters. The van der Waals surface area contributed by atoms with Gasteiger partial charge >= 0.3 is 0 Å². The van der Waals surface area contributed by atoms with E-state index in [1.165, 1.54) is 11.3 Å². The van der Waals surface area contributed by atoms with Crippen LogP contribution in [-0.2, 0) is 31.0 Å². The highest BCUT2D eigenvalue weighted by atomic mass is 16.5. The van der Waals surface area contributed by atoms with Gasteiger partial charge in [0.25, 0.3) is 0 Å². The van der Waals surface area contributed by atoms with Crippen molar-refractivity contribution in [3.8, 4) is 0 Å². The van der Waals surface area contributed by atoms with E-state index < -0.39 is 0 Å². The van der Waals surface area contributed by atoms with Gasteiger partial charge in [-0.2, -0.15) is 5.10 Å². The molecule has 0 amide bonds. The van der Waals surface area contributed by atoms with E-state index in [0.717, 1.165) is 31.9 Å². The summed E-state index contributed by atoms with van der Waals surface area (Å²) in [6.45, 7) is 4.88. The molecule has 3 aromatic rings. The Morgan fingerprint density at radius 3 is 2.88 bits per heavy atom. The molecule has 4 heterocycles. The maximum atomic E-state index is 5.96. The van der Waals surface area contributed by atoms with Crippen LogP contribution >= 0.6 is 0 Å². The van der Waals surface area contributed by atoms with Crippen LogP contribution in [0.4, 0.5) is 0 Å². The van der Waals surface area contributed by atoms with E-state index in [2.05, 4.69) is 36.8 Å². The highest BCUT2D eigenvalue weighted by Crippen LogP contribution is 2.18. The number of ether oxygens (including phenoxy) is 1. The van der Waals surface area contributed by atoms with Crippen molar-refractivity contribution < 1.29 is 4.74 Å². The molecular weight excluding hydrogens is 326 g/mol. The largest absolute Gasteiger partial charge is 0.375 e. The predicted octanol–water partition coefficient (Wildman–Crippen LogP) is 2.52. The molecule has 1 atom stereocenters. The van der Waals surface area contributed by atoms with E-state index in [1.807, 2.05) is 42.9 Å². The number of aromatic nitrogens is 4. The molecule has 6 heteroatoms. The van der Waals surface area contributed by atoms with Crippen molar-refractivity contribution in [3.05, 3.63) is 78.1 Å². The van der Waals surface area contributed by atoms with Crippen LogP contribution in [0.3, 0.4) is 0 Å². The minimum atomic E-state index is 0.386. The summed E-state index contributed by atoms with van der Waals surface area (Å²) >= 11 is 0. The first-order chi connectivity index (χ1) is 12.9. The minimum absolute atomic E-state index is 0.386. The molecule has 1 aliphatic rings. The van der Waals surface area contributed by atoms with Gasteiger partial charge in [0.05, 0.1) is 24.6 Å². The van der Waals surface area contributed by atoms with E-state index in [1.54, 1.807) is 6.20 Å². The van der Waals surface area contributed by atoms with Gasteiger partial charge in [0.2, 0.25) is 0 Å². The highest BCUT2D eigenvalue weighted by Gasteiger charge is 2.22. The first-order valence-corrected chi connectivity index (χ1v) is 8.96. The van der Waals surface area contributed by atoms with Gasteiger partial charge in [-0.25, -0.2) is 0 Å². The normalized spacial score (nSPS) is 17.6. The third-order valence-corrected chi connectivity index (χ3v) is 4.60. The first kappa shape index (κ1) is 16.9. The molecule has 134 valence electrons. The molecule has 0 N–H and O–H groups in total. The van der Waals surface area contributed by atoms with Gasteiger partial charge in [-0.05, 0) is 29.8 Å². The monoisotopic (exact) mass is 349 g/mol. The fourth-order valence-corrected chi connectivity index (χ4v) is 3.41. The van der Waals surface area contributed by atoms with Crippen molar-refractivity contribution in [2.24, 2.45) is 5.92 Å². The zero-order chi connectivity index (χ0) is 17.6. The Kier molecular flexibility index (Phi) is 5.33. The summed E-state index contributed by atoms with van der Waals surface area (Å²) in [6.07, 6.45) is 7.44. The molecule has 4 rings (SSSR count). The van der Waals surface area contributed by atoms with Gasteiger partial charge in [-0.1, -0.05) is 12.1 Å². The number of pyridine rings is 2. The van der Waals surface area contributed by atoms with E-state index in [9.17, 15) is 0 Å². The number of hydrogen-bond donors (Lipinski definition) is 0. The van der Waals surface area contributed by atoms with Gasteiger partial charge in [0, 0.05) is 56.9 Å². The second-order valence-corrected chi connectivity index (χ2v) is 6.74. The van der Waals surface area contributed by atoms with Crippen LogP contribution in [0.5, 0.6) is 0 Å². The summed E-state index contributed by atoms with van der Waals surface area (Å²) in [5.74, 6) is 0.386. The third kappa shape index (κ3) is 4.33. The Bertz CT molecular complexity index is 805. The Labute approximate surface area is 153 Å². The Hall–Kier alpha value is -2.57. The average molecular weight is 349 g/mol. The van der Waals surface area contributed by atoms with Crippen LogP contribution in [0.15, 0.2) is 61.2 Å². The van der Waals surface area contributed by atoms with Crippen molar-refractivity contribution in [3.63, 3.8) is 0 Å². The summed E-state index contributed by atoms with van der Waals surface area (Å²) in [7, 11) is 0. The number of hydrogen-bond acceptors (Lipinski definition) is 5. The van der Waals surface area contributed by atoms with Crippen molar-refractivity contribution in [1.29, 1.82) is 0 Å². The lowest BCUT2D eigenvalue weighted by atomic mass is 10.1. The molecule has 0 saturated heterocycles. The van der Waals surface area contributed by atoms with Crippen LogP contribution in [0.25, 0.3) is 0 Å². The van der Waals surface area contributed by atoms with Crippen LogP contribution < -0.4 is 0 Å². The van der Waals surface area contributed by atoms with Crippen LogP contribution in [0.2, 0.25) is 0 Å². The maximum Gasteiger partial charge on any atom is 0.0887 e. The molecule has 0 aromatic carbocycles. The van der Waals surface area contributed by atoms with Gasteiger partial charge < -0.3 is 4.74 Å². The molecule has 0 aliphatic carbocycles. The molecule has 6 nitrogen and oxygen atoms in total. The molecule has 1 aliphatic heterocycles. The summed E-state index contributed by atoms with van der Waals surface area (Å²) in [4.78, 5) is 11.0. The molecule has 3 aromatic heterocycles. The topological polar surface area (TPSA) is 56.1 Å². The van der Waals surface area contributed by atoms with E-state index in [0.29, 0.717) is 19.1 Å². The molecule has 0 saturated carbocycles. The minimum Gasteiger partial charge on any atom is -0.375 e. The van der Waals surface area contributed by atoms with Gasteiger partial charge in [-0.15, -0.1) is 0 Å². The van der Waals surface area contributed by atoms with Crippen molar-refractivity contribution in [2.45, 2.75) is 26.2 Å². The van der Waals surface area contributed by atoms with Crippen LogP contribution in [0, 0.1) is 5.92 Å². The first-order valence-electron chi connectivity index (χ1n) is 8.96. The fourth-order valence-electron chi connectivity index (χ4n) is 3.41. The average Bonchev–Trinajstić information content (AvgIpc) is 3.03. The maximum absolute atomic E-state index is 5.96. The molecular formula is C20H23N5O. The van der Waals surface area contributed by atoms with Crippen LogP contribution in [0.1, 0.15) is 17.0 Å². The molecule has 0 spiro atoms. The Morgan fingerprint density at radius 1 is 1.04 bits per heavy atom. The fraction of sp³-hybridized carbons (Fsp3) is 0.350. The second kappa shape index (κ2) is 8.21. The Balaban J connectivity index is 1.40. The summed E-state index contributed by atoms with van der Waals surface area (Å²) in [5, 5.41) is 4.48. The van der Waals surface area contributed by atoms with Gasteiger partial charge in [0.15, 0.2) is 0 Å². The SMILES string of the molecule is c1ccc(COCC2CN(Cc3cccnc3)Cc3ccnn3C2)nc1. The Morgan fingerprint density at radius 2 is 2.04 bits per heavy atom. The lowest BCUT2D eigenvalue weighted by Crippen LogP contribution is -2.30. The van der Waals surface area contributed by atoms with Gasteiger partial charge in [-0.3, -0.25) is 19.5 Å². The molecule has 0 radical (unpaired) electrons. The standard InChI is InChI=1S/C20H23N5O/c1-2-8-22-19(5-1)16-26-15-18-12-24(11-17-4-3-7-21-10-17)14-20-6-9-23-25(20)13-18/h1-10,18H,11-16H2. The smallest absolute Gasteiger partial charge is 0.0887 e. The summed E-state index contributed by atoms with van der Waals surface area (Å²) < 4.78 is 8.07. The predicted molar refractivity (Wildman–Crippen MR) is 98.0 cm³/mol. The van der Waals surface area contributed by atoms with Crippen molar-refractivity contribution in [2.75, 3.05) is 13.2 Å². The summed E-state index contributed by atoms with van der Waals surface area (Å²) in [5.41, 5.74) is 3.45. The third-order valence-electron chi connectivity index (χ3n) is 4.60. The van der Waals surface area contributed by atoms with Crippen molar-refractivity contribution in [1.82, 2.24) is 24.6 Å². The number of nitrogens with zero attached hydrogens (tertiary/aromatic N) is 5. The number of fused-ring (bicyclic) bond motifs is 1. The molecule has 0 bridgehead atoms. The van der Waals surface area contributed by atoms with Gasteiger partial charge in [0.1, 0.15) is 0 Å². The highest BCUT2D eigenvalue weighted by molar-refractivity contribution is 5.10. The van der Waals surface area contributed by atoms with E-state index in [-0.39, 0.29) is 0 Å². The lowest BCUT2D eigenvalue weighted by Gasteiger charge is -2.23. The van der Waals surface area contributed by atoms with E-state index in [4.69, 9.17) is 4.74 Å². The summed E-state index contributed by atoms with van der Waals surface area (Å²) in [6, 6.07) is 12.1. The number of rotatable bonds is 6. The molecule has 26 heavy (non-hydrogen) atoms. The van der Waals surface area contributed by atoms with Crippen LogP contribution in [-0.4, -0.2) is 37.8 Å². The lowest BCUT2D eigenvalue weighted by molar-refractivity contribution is 0.0640.